The third-order valence-electron chi connectivity index (χ3n) is 4.08. The third-order valence-corrected chi connectivity index (χ3v) is 5.41. The molecule has 2 N–H and O–H groups in total. The lowest BCUT2D eigenvalue weighted by atomic mass is 10.2. The first-order valence-corrected chi connectivity index (χ1v) is 10.2. The van der Waals surface area contributed by atoms with Crippen molar-refractivity contribution in [2.45, 2.75) is 30.8 Å². The van der Waals surface area contributed by atoms with Gasteiger partial charge in [-0.1, -0.05) is 53.7 Å². The summed E-state index contributed by atoms with van der Waals surface area (Å²) in [5, 5.41) is 5.70. The Bertz CT molecular complexity index is 991. The van der Waals surface area contributed by atoms with E-state index in [1.54, 1.807) is 13.8 Å². The van der Waals surface area contributed by atoms with Crippen molar-refractivity contribution in [3.05, 3.63) is 59.1 Å². The molecular formula is C20H21ClN4O2S. The molecule has 8 heteroatoms. The molecule has 0 aliphatic rings. The van der Waals surface area contributed by atoms with Gasteiger partial charge >= 0.3 is 6.03 Å². The van der Waals surface area contributed by atoms with E-state index in [1.807, 2.05) is 48.5 Å². The van der Waals surface area contributed by atoms with Gasteiger partial charge in [-0.25, -0.2) is 9.78 Å². The van der Waals surface area contributed by atoms with Gasteiger partial charge in [0.2, 0.25) is 5.91 Å². The molecule has 0 radical (unpaired) electrons. The number of nitrogens with one attached hydrogen (secondary N) is 2. The Labute approximate surface area is 172 Å². The van der Waals surface area contributed by atoms with Gasteiger partial charge in [0, 0.05) is 11.6 Å². The van der Waals surface area contributed by atoms with E-state index in [2.05, 4.69) is 20.2 Å². The van der Waals surface area contributed by atoms with Crippen molar-refractivity contribution in [1.29, 1.82) is 0 Å². The molecule has 0 saturated carbocycles. The predicted octanol–water partition coefficient (Wildman–Crippen LogP) is 4.06. The molecule has 1 atom stereocenters. The number of urea groups is 1. The van der Waals surface area contributed by atoms with Crippen LogP contribution in [0.25, 0.3) is 11.0 Å². The standard InChI is InChI=1S/C20H21ClN4O2S/c1-3-22-19(27)24-18(26)13(2)28-20-23-16-11-15(21)9-10-17(16)25(20)12-14-7-5-4-6-8-14/h4-11,13H,3,12H2,1-2H3,(H2,22,24,26,27). The van der Waals surface area contributed by atoms with Gasteiger partial charge in [-0.05, 0) is 37.6 Å². The minimum atomic E-state index is -0.496. The summed E-state index contributed by atoms with van der Waals surface area (Å²) in [6, 6.07) is 15.1. The first kappa shape index (κ1) is 20.2. The highest BCUT2D eigenvalue weighted by Gasteiger charge is 2.21. The normalized spacial score (nSPS) is 12.0. The molecule has 2 aromatic carbocycles. The molecule has 0 aliphatic carbocycles. The fourth-order valence-electron chi connectivity index (χ4n) is 2.72. The molecular weight excluding hydrogens is 396 g/mol. The van der Waals surface area contributed by atoms with Gasteiger partial charge in [0.15, 0.2) is 5.16 Å². The smallest absolute Gasteiger partial charge is 0.321 e. The fourth-order valence-corrected chi connectivity index (χ4v) is 3.81. The van der Waals surface area contributed by atoms with E-state index in [-0.39, 0.29) is 5.91 Å². The maximum Gasteiger partial charge on any atom is 0.321 e. The highest BCUT2D eigenvalue weighted by atomic mass is 35.5. The van der Waals surface area contributed by atoms with E-state index in [0.29, 0.717) is 23.3 Å². The number of fused-ring (bicyclic) bond motifs is 1. The molecule has 0 fully saturated rings. The van der Waals surface area contributed by atoms with Crippen LogP contribution in [0.4, 0.5) is 4.79 Å². The lowest BCUT2D eigenvalue weighted by Crippen LogP contribution is -2.42. The summed E-state index contributed by atoms with van der Waals surface area (Å²) < 4.78 is 2.06. The van der Waals surface area contributed by atoms with Crippen molar-refractivity contribution in [2.75, 3.05) is 6.54 Å². The quantitative estimate of drug-likeness (QED) is 0.594. The Kier molecular flexibility index (Phi) is 6.59. The molecule has 0 saturated heterocycles. The van der Waals surface area contributed by atoms with Crippen molar-refractivity contribution in [1.82, 2.24) is 20.2 Å². The molecule has 3 rings (SSSR count). The van der Waals surface area contributed by atoms with E-state index >= 15 is 0 Å². The number of halogens is 1. The van der Waals surface area contributed by atoms with Crippen LogP contribution in [0.1, 0.15) is 19.4 Å². The van der Waals surface area contributed by atoms with Crippen LogP contribution in [-0.2, 0) is 11.3 Å². The molecule has 146 valence electrons. The highest BCUT2D eigenvalue weighted by Crippen LogP contribution is 2.29. The molecule has 1 unspecified atom stereocenters. The van der Waals surface area contributed by atoms with Crippen LogP contribution in [-0.4, -0.2) is 33.3 Å². The third kappa shape index (κ3) is 4.85. The molecule has 0 bridgehead atoms. The first-order valence-electron chi connectivity index (χ1n) is 8.93. The Morgan fingerprint density at radius 3 is 2.68 bits per heavy atom. The lowest BCUT2D eigenvalue weighted by molar-refractivity contribution is -0.119. The number of aromatic nitrogens is 2. The zero-order valence-corrected chi connectivity index (χ0v) is 17.2. The van der Waals surface area contributed by atoms with Gasteiger partial charge in [-0.2, -0.15) is 0 Å². The van der Waals surface area contributed by atoms with Crippen molar-refractivity contribution in [2.24, 2.45) is 0 Å². The minimum absolute atomic E-state index is 0.368. The Morgan fingerprint density at radius 2 is 1.96 bits per heavy atom. The number of benzene rings is 2. The molecule has 6 nitrogen and oxygen atoms in total. The van der Waals surface area contributed by atoms with Gasteiger partial charge < -0.3 is 9.88 Å². The molecule has 28 heavy (non-hydrogen) atoms. The zero-order valence-electron chi connectivity index (χ0n) is 15.6. The van der Waals surface area contributed by atoms with E-state index in [4.69, 9.17) is 11.6 Å². The van der Waals surface area contributed by atoms with Crippen LogP contribution in [0.15, 0.2) is 53.7 Å². The molecule has 0 spiro atoms. The average molecular weight is 417 g/mol. The second kappa shape index (κ2) is 9.12. The summed E-state index contributed by atoms with van der Waals surface area (Å²) in [4.78, 5) is 28.6. The summed E-state index contributed by atoms with van der Waals surface area (Å²) in [6.07, 6.45) is 0. The highest BCUT2D eigenvalue weighted by molar-refractivity contribution is 8.00. The maximum atomic E-state index is 12.3. The van der Waals surface area contributed by atoms with Crippen molar-refractivity contribution < 1.29 is 9.59 Å². The number of hydrogen-bond donors (Lipinski definition) is 2. The molecule has 3 amide bonds. The monoisotopic (exact) mass is 416 g/mol. The van der Waals surface area contributed by atoms with Crippen molar-refractivity contribution >= 4 is 46.3 Å². The van der Waals surface area contributed by atoms with Crippen LogP contribution in [0.2, 0.25) is 5.02 Å². The van der Waals surface area contributed by atoms with Crippen LogP contribution in [0.5, 0.6) is 0 Å². The zero-order chi connectivity index (χ0) is 20.1. The van der Waals surface area contributed by atoms with Gasteiger partial charge in [0.05, 0.1) is 22.8 Å². The van der Waals surface area contributed by atoms with Gasteiger partial charge in [0.25, 0.3) is 0 Å². The lowest BCUT2D eigenvalue weighted by Gasteiger charge is -2.13. The Balaban J connectivity index is 1.88. The molecule has 0 aliphatic heterocycles. The maximum absolute atomic E-state index is 12.3. The predicted molar refractivity (Wildman–Crippen MR) is 113 cm³/mol. The SMILES string of the molecule is CCNC(=O)NC(=O)C(C)Sc1nc2cc(Cl)ccc2n1Cc1ccccc1. The number of nitrogens with zero attached hydrogens (tertiary/aromatic N) is 2. The Hall–Kier alpha value is -2.51. The number of carbonyl (C=O) groups is 2. The van der Waals surface area contributed by atoms with Gasteiger partial charge in [-0.3, -0.25) is 10.1 Å². The largest absolute Gasteiger partial charge is 0.338 e. The average Bonchev–Trinajstić information content (AvgIpc) is 2.98. The number of amides is 3. The van der Waals surface area contributed by atoms with E-state index < -0.39 is 11.3 Å². The summed E-state index contributed by atoms with van der Waals surface area (Å²) in [7, 11) is 0. The molecule has 3 aromatic rings. The van der Waals surface area contributed by atoms with Crippen LogP contribution < -0.4 is 10.6 Å². The van der Waals surface area contributed by atoms with Crippen LogP contribution in [0, 0.1) is 0 Å². The van der Waals surface area contributed by atoms with Gasteiger partial charge in [-0.15, -0.1) is 0 Å². The number of imide groups is 1. The summed E-state index contributed by atoms with van der Waals surface area (Å²) in [6.45, 7) is 4.61. The van der Waals surface area contributed by atoms with E-state index in [0.717, 1.165) is 16.6 Å². The van der Waals surface area contributed by atoms with Crippen molar-refractivity contribution in [3.63, 3.8) is 0 Å². The molecule has 1 aromatic heterocycles. The minimum Gasteiger partial charge on any atom is -0.338 e. The number of rotatable bonds is 6. The van der Waals surface area contributed by atoms with Crippen molar-refractivity contribution in [3.8, 4) is 0 Å². The fraction of sp³-hybridized carbons (Fsp3) is 0.250. The first-order chi connectivity index (χ1) is 13.5. The number of thioether (sulfide) groups is 1. The van der Waals surface area contributed by atoms with Gasteiger partial charge in [0.1, 0.15) is 0 Å². The number of hydrogen-bond acceptors (Lipinski definition) is 4. The van der Waals surface area contributed by atoms with E-state index in [1.165, 1.54) is 11.8 Å². The summed E-state index contributed by atoms with van der Waals surface area (Å²) in [5.74, 6) is -0.368. The second-order valence-electron chi connectivity index (χ2n) is 6.21. The summed E-state index contributed by atoms with van der Waals surface area (Å²) in [5.41, 5.74) is 2.83. The number of imidazole rings is 1. The number of carbonyl (C=O) groups excluding carboxylic acids is 2. The van der Waals surface area contributed by atoms with Crippen LogP contribution >= 0.6 is 23.4 Å². The summed E-state index contributed by atoms with van der Waals surface area (Å²) >= 11 is 7.42. The second-order valence-corrected chi connectivity index (χ2v) is 7.95. The Morgan fingerprint density at radius 1 is 1.21 bits per heavy atom. The van der Waals surface area contributed by atoms with Crippen LogP contribution in [0.3, 0.4) is 0 Å². The topological polar surface area (TPSA) is 76.0 Å². The van der Waals surface area contributed by atoms with E-state index in [9.17, 15) is 9.59 Å². The molecule has 1 heterocycles.